The first-order valence-corrected chi connectivity index (χ1v) is 16.9. The number of methoxy groups -OCH3 is 1. The van der Waals surface area contributed by atoms with Crippen LogP contribution >= 0.6 is 26.9 Å². The number of rotatable bonds is 12. The van der Waals surface area contributed by atoms with Crippen molar-refractivity contribution < 1.29 is 71.5 Å². The summed E-state index contributed by atoms with van der Waals surface area (Å²) in [7, 11) is -2.26. The minimum atomic E-state index is -5.32. The topological polar surface area (TPSA) is 288 Å². The molecule has 2 saturated heterocycles. The van der Waals surface area contributed by atoms with Crippen LogP contribution in [0.5, 0.6) is 0 Å². The predicted octanol–water partition coefficient (Wildman–Crippen LogP) is -1.60. The van der Waals surface area contributed by atoms with Gasteiger partial charge in [-0.3, -0.25) is 9.05 Å². The zero-order chi connectivity index (χ0) is 31.5. The molecule has 242 valence electrons. The van der Waals surface area contributed by atoms with Gasteiger partial charge in [0.1, 0.15) is 30.2 Å². The number of furan rings is 1. The quantitative estimate of drug-likeness (QED) is 0.0905. The minimum absolute atomic E-state index is 0.121. The molecule has 19 nitrogen and oxygen atoms in total. The summed E-state index contributed by atoms with van der Waals surface area (Å²) in [5.41, 5.74) is 6.98. The first-order valence-electron chi connectivity index (χ1n) is 12.8. The molecule has 3 aliphatic rings. The molecular weight excluding hydrogens is 642 g/mol. The Morgan fingerprint density at radius 1 is 1.28 bits per heavy atom. The van der Waals surface area contributed by atoms with E-state index in [4.69, 9.17) is 33.4 Å². The number of thiol groups is 1. The van der Waals surface area contributed by atoms with Gasteiger partial charge in [-0.15, -0.1) is 0 Å². The molecule has 0 bridgehead atoms. The van der Waals surface area contributed by atoms with Crippen molar-refractivity contribution in [3.63, 3.8) is 0 Å². The number of hydrogen-bond acceptors (Lipinski definition) is 18. The van der Waals surface area contributed by atoms with E-state index in [1.807, 2.05) is 0 Å². The number of nitrogens with one attached hydrogen (secondary N) is 1. The van der Waals surface area contributed by atoms with E-state index in [1.165, 1.54) is 19.7 Å². The van der Waals surface area contributed by atoms with Crippen LogP contribution in [-0.2, 0) is 36.7 Å². The van der Waals surface area contributed by atoms with Crippen molar-refractivity contribution >= 4 is 43.8 Å². The van der Waals surface area contributed by atoms with Crippen molar-refractivity contribution in [2.24, 2.45) is 11.8 Å². The van der Waals surface area contributed by atoms with Gasteiger partial charge in [0.2, 0.25) is 0 Å². The second-order valence-corrected chi connectivity index (χ2v) is 14.6. The fourth-order valence-corrected chi connectivity index (χ4v) is 9.05. The van der Waals surface area contributed by atoms with Gasteiger partial charge < -0.3 is 60.1 Å². The van der Waals surface area contributed by atoms with Crippen LogP contribution < -0.4 is 11.1 Å². The number of aliphatic hydroxyl groups is 5. The third-order valence-corrected chi connectivity index (χ3v) is 11.4. The summed E-state index contributed by atoms with van der Waals surface area (Å²) in [6.45, 7) is -6.02. The number of phosphoric acid groups is 1. The second kappa shape index (κ2) is 12.1. The molecule has 2 aromatic rings. The van der Waals surface area contributed by atoms with Crippen LogP contribution in [0.1, 0.15) is 11.7 Å². The lowest BCUT2D eigenvalue weighted by Crippen LogP contribution is -2.64. The van der Waals surface area contributed by atoms with Gasteiger partial charge in [0.15, 0.2) is 23.5 Å². The van der Waals surface area contributed by atoms with Crippen LogP contribution in [0.3, 0.4) is 0 Å². The van der Waals surface area contributed by atoms with Gasteiger partial charge in [-0.2, -0.15) is 4.31 Å². The average Bonchev–Trinajstić information content (AvgIpc) is 3.55. The zero-order valence-corrected chi connectivity index (χ0v) is 25.2. The highest BCUT2D eigenvalue weighted by molar-refractivity contribution is 8.45. The SMILES string of the molecule is CN[C@H]1[C@@H](OC)[C@H](c2coc3c(N)ncnc23)O[C@@H]1COP(=O)(S)OP(=O)(O)OC1OC2(O)C1C(O)C(O)C2[C@@H](O)CO. The van der Waals surface area contributed by atoms with Gasteiger partial charge in [0.25, 0.3) is 0 Å². The molecule has 43 heavy (non-hydrogen) atoms. The monoisotopic (exact) mass is 674 g/mol. The molecule has 22 heteroatoms. The molecule has 1 saturated carbocycles. The number of likely N-dealkylation sites (N-methyl/N-ethyl adjacent to an activating group) is 1. The Balaban J connectivity index is 1.23. The second-order valence-electron chi connectivity index (χ2n) is 10.2. The highest BCUT2D eigenvalue weighted by Gasteiger charge is 2.73. The lowest BCUT2D eigenvalue weighted by atomic mass is 9.86. The number of fused-ring (bicyclic) bond motifs is 2. The number of ether oxygens (including phenoxy) is 3. The smallest absolute Gasteiger partial charge is 0.458 e. The summed E-state index contributed by atoms with van der Waals surface area (Å²) >= 11 is 3.75. The standard InChI is InChI=1S/C21H32N4O15P2S/c1-23-13-9(37-16(17(13)34-2)7-4-35-18-12(7)24-6-25-19(18)22)5-36-42(33,43)40-41(31,32)39-20-11-15(29)14(28)10(8(27)3-26)21(11,30)38-20/h4,6,8-11,13-17,20,23,26-30H,3,5H2,1-2H3,(H,31,32)(H,33,43)(H2,22,24,25)/t8-,9+,10?,11?,13+,14?,15?,16-,17+,20?,21?,42?/m0/s1. The maximum Gasteiger partial charge on any atom is 0.482 e. The third-order valence-electron chi connectivity index (χ3n) is 7.78. The van der Waals surface area contributed by atoms with Crippen LogP contribution in [0.4, 0.5) is 5.82 Å². The molecule has 4 heterocycles. The summed E-state index contributed by atoms with van der Waals surface area (Å²) in [5.74, 6) is -5.38. The summed E-state index contributed by atoms with van der Waals surface area (Å²) in [6, 6.07) is -0.566. The highest BCUT2D eigenvalue weighted by atomic mass is 32.7. The Bertz CT molecular complexity index is 1420. The lowest BCUT2D eigenvalue weighted by molar-refractivity contribution is -0.427. The van der Waals surface area contributed by atoms with Crippen molar-refractivity contribution in [2.75, 3.05) is 33.1 Å². The number of aliphatic hydroxyl groups excluding tert-OH is 4. The maximum atomic E-state index is 12.9. The van der Waals surface area contributed by atoms with Crippen LogP contribution in [-0.4, -0.2) is 116 Å². The Morgan fingerprint density at radius 3 is 2.65 bits per heavy atom. The fourth-order valence-electron chi connectivity index (χ4n) is 5.87. The maximum absolute atomic E-state index is 12.9. The Hall–Kier alpha value is -1.29. The van der Waals surface area contributed by atoms with Gasteiger partial charge in [-0.1, -0.05) is 12.2 Å². The van der Waals surface area contributed by atoms with Crippen LogP contribution in [0.2, 0.25) is 0 Å². The van der Waals surface area contributed by atoms with E-state index in [0.717, 1.165) is 0 Å². The first kappa shape index (κ1) is 33.1. The van der Waals surface area contributed by atoms with Crippen molar-refractivity contribution in [3.05, 3.63) is 18.2 Å². The molecule has 3 fully saturated rings. The van der Waals surface area contributed by atoms with Crippen molar-refractivity contribution in [3.8, 4) is 0 Å². The average molecular weight is 675 g/mol. The number of nitrogens with two attached hydrogens (primary N) is 1. The molecule has 2 aliphatic heterocycles. The Labute approximate surface area is 248 Å². The van der Waals surface area contributed by atoms with Crippen LogP contribution in [0.25, 0.3) is 11.1 Å². The highest BCUT2D eigenvalue weighted by Crippen LogP contribution is 2.68. The number of hydrogen-bond donors (Lipinski definition) is 9. The molecule has 0 aromatic carbocycles. The van der Waals surface area contributed by atoms with E-state index in [9.17, 15) is 39.6 Å². The van der Waals surface area contributed by atoms with E-state index in [0.29, 0.717) is 11.1 Å². The van der Waals surface area contributed by atoms with E-state index < -0.39 is 94.4 Å². The molecular formula is C21H32N4O15P2S. The van der Waals surface area contributed by atoms with Crippen LogP contribution in [0, 0.1) is 11.8 Å². The van der Waals surface area contributed by atoms with Crippen molar-refractivity contribution in [1.29, 1.82) is 0 Å². The van der Waals surface area contributed by atoms with E-state index in [2.05, 4.69) is 31.8 Å². The molecule has 13 atom stereocenters. The molecule has 2 aromatic heterocycles. The minimum Gasteiger partial charge on any atom is -0.458 e. The number of nitrogen functional groups attached to an aromatic ring is 1. The largest absolute Gasteiger partial charge is 0.482 e. The number of aromatic nitrogens is 2. The Morgan fingerprint density at radius 2 is 2.00 bits per heavy atom. The van der Waals surface area contributed by atoms with E-state index >= 15 is 0 Å². The molecule has 9 N–H and O–H groups in total. The summed E-state index contributed by atoms with van der Waals surface area (Å²) in [5, 5.41) is 53.3. The summed E-state index contributed by atoms with van der Waals surface area (Å²) < 4.78 is 62.7. The fraction of sp³-hybridized carbons (Fsp3) is 0.714. The number of nitrogens with zero attached hydrogens (tertiary/aromatic N) is 2. The van der Waals surface area contributed by atoms with E-state index in [-0.39, 0.29) is 11.4 Å². The lowest BCUT2D eigenvalue weighted by Gasteiger charge is -2.49. The third kappa shape index (κ3) is 5.90. The number of anilines is 1. The molecule has 0 amide bonds. The first-order chi connectivity index (χ1) is 20.2. The molecule has 0 radical (unpaired) electrons. The Kier molecular flexibility index (Phi) is 9.34. The van der Waals surface area contributed by atoms with Gasteiger partial charge in [-0.05, 0) is 7.05 Å². The van der Waals surface area contributed by atoms with Crippen molar-refractivity contribution in [1.82, 2.24) is 15.3 Å². The van der Waals surface area contributed by atoms with Gasteiger partial charge >= 0.3 is 14.6 Å². The van der Waals surface area contributed by atoms with Gasteiger partial charge in [0.05, 0.1) is 55.7 Å². The number of phosphoric ester groups is 1. The van der Waals surface area contributed by atoms with E-state index in [1.54, 1.807) is 7.05 Å². The molecule has 5 rings (SSSR count). The van der Waals surface area contributed by atoms with Crippen molar-refractivity contribution in [2.45, 2.75) is 54.7 Å². The van der Waals surface area contributed by atoms with Crippen LogP contribution in [0.15, 0.2) is 17.0 Å². The molecule has 1 aliphatic carbocycles. The summed E-state index contributed by atoms with van der Waals surface area (Å²) in [6.07, 6.45) is -6.73. The normalized spacial score (nSPS) is 39.2. The predicted molar refractivity (Wildman–Crippen MR) is 144 cm³/mol. The zero-order valence-electron chi connectivity index (χ0n) is 22.5. The molecule has 0 spiro atoms. The molecule has 8 unspecified atom stereocenters. The summed E-state index contributed by atoms with van der Waals surface area (Å²) in [4.78, 5) is 18.3. The van der Waals surface area contributed by atoms with Gasteiger partial charge in [0, 0.05) is 12.7 Å². The van der Waals surface area contributed by atoms with Gasteiger partial charge in [-0.25, -0.2) is 19.1 Å².